The van der Waals surface area contributed by atoms with E-state index in [1.165, 1.54) is 0 Å². The van der Waals surface area contributed by atoms with Gasteiger partial charge in [-0.05, 0) is 47.5 Å². The molecule has 0 heterocycles. The Balaban J connectivity index is 1.55. The van der Waals surface area contributed by atoms with Gasteiger partial charge in [-0.2, -0.15) is 5.10 Å². The molecule has 0 bridgehead atoms. The second-order valence-corrected chi connectivity index (χ2v) is 7.22. The second kappa shape index (κ2) is 10.8. The summed E-state index contributed by atoms with van der Waals surface area (Å²) in [5, 5.41) is 5.46. The van der Waals surface area contributed by atoms with Crippen molar-refractivity contribution >= 4 is 29.4 Å². The van der Waals surface area contributed by atoms with Crippen molar-refractivity contribution in [2.75, 3.05) is 14.2 Å². The second-order valence-electron chi connectivity index (χ2n) is 6.38. The smallest absolute Gasteiger partial charge is 0.161 e. The molecule has 3 rings (SSSR count). The molecule has 0 aliphatic rings. The SMILES string of the molecule is COc1ccc(CN/N=C\c2cccc(OCc3ccc(Cl)cc3Cl)c2)cc1OC. The summed E-state index contributed by atoms with van der Waals surface area (Å²) in [5.74, 6) is 2.11. The molecular weight excluding hydrogens is 423 g/mol. The van der Waals surface area contributed by atoms with Gasteiger partial charge in [0.1, 0.15) is 12.4 Å². The van der Waals surface area contributed by atoms with E-state index in [0.717, 1.165) is 22.4 Å². The number of rotatable bonds is 9. The van der Waals surface area contributed by atoms with Crippen LogP contribution in [-0.2, 0) is 13.2 Å². The van der Waals surface area contributed by atoms with E-state index < -0.39 is 0 Å². The molecule has 5 nitrogen and oxygen atoms in total. The summed E-state index contributed by atoms with van der Waals surface area (Å²) >= 11 is 12.1. The third-order valence-corrected chi connectivity index (χ3v) is 4.89. The minimum atomic E-state index is 0.355. The summed E-state index contributed by atoms with van der Waals surface area (Å²) in [4.78, 5) is 0. The monoisotopic (exact) mass is 444 g/mol. The van der Waals surface area contributed by atoms with Crippen LogP contribution >= 0.6 is 23.2 Å². The third kappa shape index (κ3) is 6.05. The van der Waals surface area contributed by atoms with E-state index in [9.17, 15) is 0 Å². The van der Waals surface area contributed by atoms with Crippen molar-refractivity contribution in [3.8, 4) is 17.2 Å². The first-order chi connectivity index (χ1) is 14.6. The number of nitrogens with one attached hydrogen (secondary N) is 1. The number of hydrazone groups is 1. The fraction of sp³-hybridized carbons (Fsp3) is 0.174. The Bertz CT molecular complexity index is 1030. The van der Waals surface area contributed by atoms with E-state index in [1.54, 1.807) is 32.6 Å². The Morgan fingerprint density at radius 3 is 2.53 bits per heavy atom. The maximum Gasteiger partial charge on any atom is 0.161 e. The molecule has 0 radical (unpaired) electrons. The molecule has 0 amide bonds. The van der Waals surface area contributed by atoms with Crippen LogP contribution in [0.15, 0.2) is 65.8 Å². The van der Waals surface area contributed by atoms with Gasteiger partial charge in [-0.25, -0.2) is 0 Å². The Morgan fingerprint density at radius 2 is 1.77 bits per heavy atom. The zero-order valence-corrected chi connectivity index (χ0v) is 18.2. The van der Waals surface area contributed by atoms with E-state index in [0.29, 0.717) is 34.7 Å². The van der Waals surface area contributed by atoms with Gasteiger partial charge >= 0.3 is 0 Å². The molecule has 7 heteroatoms. The van der Waals surface area contributed by atoms with Crippen molar-refractivity contribution in [1.82, 2.24) is 5.43 Å². The van der Waals surface area contributed by atoms with Crippen LogP contribution in [0.5, 0.6) is 17.2 Å². The quantitative estimate of drug-likeness (QED) is 0.339. The predicted octanol–water partition coefficient (Wildman–Crippen LogP) is 5.71. The van der Waals surface area contributed by atoms with Crippen LogP contribution in [0.1, 0.15) is 16.7 Å². The minimum Gasteiger partial charge on any atom is -0.493 e. The molecule has 0 aromatic heterocycles. The van der Waals surface area contributed by atoms with Crippen molar-refractivity contribution in [3.05, 3.63) is 87.4 Å². The van der Waals surface area contributed by atoms with Gasteiger partial charge in [-0.3, -0.25) is 0 Å². The molecule has 0 aliphatic heterocycles. The minimum absolute atomic E-state index is 0.355. The molecule has 0 saturated carbocycles. The Hall–Kier alpha value is -2.89. The van der Waals surface area contributed by atoms with E-state index in [4.69, 9.17) is 37.4 Å². The van der Waals surface area contributed by atoms with Crippen molar-refractivity contribution in [1.29, 1.82) is 0 Å². The van der Waals surface area contributed by atoms with Gasteiger partial charge in [0.05, 0.1) is 27.0 Å². The Morgan fingerprint density at radius 1 is 0.933 bits per heavy atom. The summed E-state index contributed by atoms with van der Waals surface area (Å²) in [6.45, 7) is 0.913. The maximum atomic E-state index is 6.19. The third-order valence-electron chi connectivity index (χ3n) is 4.30. The predicted molar refractivity (Wildman–Crippen MR) is 121 cm³/mol. The van der Waals surface area contributed by atoms with Crippen LogP contribution in [0.3, 0.4) is 0 Å². The summed E-state index contributed by atoms with van der Waals surface area (Å²) in [7, 11) is 3.23. The van der Waals surface area contributed by atoms with E-state index in [-0.39, 0.29) is 0 Å². The fourth-order valence-electron chi connectivity index (χ4n) is 2.73. The normalized spacial score (nSPS) is 10.8. The zero-order chi connectivity index (χ0) is 21.3. The van der Waals surface area contributed by atoms with Gasteiger partial charge in [0.15, 0.2) is 11.5 Å². The van der Waals surface area contributed by atoms with Gasteiger partial charge < -0.3 is 19.6 Å². The number of halogens is 2. The molecule has 0 unspecified atom stereocenters. The van der Waals surface area contributed by atoms with E-state index in [2.05, 4.69) is 10.5 Å². The van der Waals surface area contributed by atoms with Crippen LogP contribution in [0, 0.1) is 0 Å². The number of benzene rings is 3. The molecule has 156 valence electrons. The highest BCUT2D eigenvalue weighted by molar-refractivity contribution is 6.35. The summed E-state index contributed by atoms with van der Waals surface area (Å²) in [6.07, 6.45) is 1.74. The number of hydrogen-bond acceptors (Lipinski definition) is 5. The first kappa shape index (κ1) is 21.8. The van der Waals surface area contributed by atoms with Crippen LogP contribution in [0.25, 0.3) is 0 Å². The highest BCUT2D eigenvalue weighted by Crippen LogP contribution is 2.27. The topological polar surface area (TPSA) is 52.1 Å². The highest BCUT2D eigenvalue weighted by Gasteiger charge is 2.04. The fourth-order valence-corrected chi connectivity index (χ4v) is 3.20. The lowest BCUT2D eigenvalue weighted by atomic mass is 10.2. The molecule has 30 heavy (non-hydrogen) atoms. The largest absolute Gasteiger partial charge is 0.493 e. The van der Waals surface area contributed by atoms with Crippen LogP contribution in [0.2, 0.25) is 10.0 Å². The lowest BCUT2D eigenvalue weighted by Gasteiger charge is -2.09. The van der Waals surface area contributed by atoms with E-state index in [1.807, 2.05) is 48.5 Å². The van der Waals surface area contributed by atoms with Crippen LogP contribution in [-0.4, -0.2) is 20.4 Å². The van der Waals surface area contributed by atoms with Gasteiger partial charge in [-0.15, -0.1) is 0 Å². The number of nitrogens with zero attached hydrogens (tertiary/aromatic N) is 1. The lowest BCUT2D eigenvalue weighted by Crippen LogP contribution is -2.06. The van der Waals surface area contributed by atoms with Gasteiger partial charge in [0.25, 0.3) is 0 Å². The highest BCUT2D eigenvalue weighted by atomic mass is 35.5. The molecular formula is C23H22Cl2N2O3. The molecule has 0 fully saturated rings. The standard InChI is InChI=1S/C23H22Cl2N2O3/c1-28-22-9-6-17(11-23(22)29-2)14-27-26-13-16-4-3-5-20(10-16)30-15-18-7-8-19(24)12-21(18)25/h3-13,27H,14-15H2,1-2H3/b26-13-. The Labute approximate surface area is 186 Å². The summed E-state index contributed by atoms with van der Waals surface area (Å²) in [5.41, 5.74) is 5.84. The average molecular weight is 445 g/mol. The van der Waals surface area contributed by atoms with Crippen molar-refractivity contribution in [2.45, 2.75) is 13.2 Å². The van der Waals surface area contributed by atoms with Crippen molar-refractivity contribution < 1.29 is 14.2 Å². The Kier molecular flexibility index (Phi) is 7.82. The number of hydrogen-bond donors (Lipinski definition) is 1. The molecule has 0 spiro atoms. The van der Waals surface area contributed by atoms with E-state index >= 15 is 0 Å². The van der Waals surface area contributed by atoms with Crippen molar-refractivity contribution in [3.63, 3.8) is 0 Å². The molecule has 3 aromatic carbocycles. The van der Waals surface area contributed by atoms with Gasteiger partial charge in [0.2, 0.25) is 0 Å². The first-order valence-corrected chi connectivity index (χ1v) is 9.98. The number of ether oxygens (including phenoxy) is 3. The molecule has 0 atom stereocenters. The summed E-state index contributed by atoms with van der Waals surface area (Å²) in [6, 6.07) is 18.7. The molecule has 0 saturated heterocycles. The zero-order valence-electron chi connectivity index (χ0n) is 16.7. The lowest BCUT2D eigenvalue weighted by molar-refractivity contribution is 0.306. The van der Waals surface area contributed by atoms with Crippen molar-refractivity contribution in [2.24, 2.45) is 5.10 Å². The van der Waals surface area contributed by atoms with Crippen LogP contribution in [0.4, 0.5) is 0 Å². The summed E-state index contributed by atoms with van der Waals surface area (Å²) < 4.78 is 16.4. The number of methoxy groups -OCH3 is 2. The maximum absolute atomic E-state index is 6.19. The molecule has 1 N–H and O–H groups in total. The molecule has 0 aliphatic carbocycles. The van der Waals surface area contributed by atoms with Gasteiger partial charge in [-0.1, -0.05) is 47.5 Å². The molecule has 3 aromatic rings. The first-order valence-electron chi connectivity index (χ1n) is 9.22. The van der Waals surface area contributed by atoms with Gasteiger partial charge in [0, 0.05) is 15.6 Å². The van der Waals surface area contributed by atoms with Crippen LogP contribution < -0.4 is 19.6 Å². The average Bonchev–Trinajstić information content (AvgIpc) is 2.76.